The number of piperidine rings is 1. The summed E-state index contributed by atoms with van der Waals surface area (Å²) in [5.74, 6) is 1.64. The SMILES string of the molecule is CC1CCCC[NH+]1CC(=O)Nc1ccc(Oc2ccccc2)cc1. The van der Waals surface area contributed by atoms with Crippen molar-refractivity contribution in [2.24, 2.45) is 0 Å². The zero-order valence-electron chi connectivity index (χ0n) is 14.1. The standard InChI is InChI=1S/C20H24N2O2/c1-16-7-5-6-14-22(16)15-20(23)21-17-10-12-19(13-11-17)24-18-8-3-2-4-9-18/h2-4,8-13,16H,5-7,14-15H2,1H3,(H,21,23)/p+1. The van der Waals surface area contributed by atoms with Crippen LogP contribution < -0.4 is 15.0 Å². The van der Waals surface area contributed by atoms with Crippen molar-refractivity contribution in [1.29, 1.82) is 0 Å². The number of amides is 1. The molecule has 4 nitrogen and oxygen atoms in total. The van der Waals surface area contributed by atoms with Gasteiger partial charge >= 0.3 is 0 Å². The first-order chi connectivity index (χ1) is 11.7. The van der Waals surface area contributed by atoms with Gasteiger partial charge in [-0.1, -0.05) is 18.2 Å². The molecular weight excluding hydrogens is 300 g/mol. The van der Waals surface area contributed by atoms with Crippen molar-refractivity contribution in [2.75, 3.05) is 18.4 Å². The summed E-state index contributed by atoms with van der Waals surface area (Å²) < 4.78 is 5.76. The van der Waals surface area contributed by atoms with Gasteiger partial charge in [-0.3, -0.25) is 4.79 Å². The minimum absolute atomic E-state index is 0.0791. The predicted molar refractivity (Wildman–Crippen MR) is 95.6 cm³/mol. The van der Waals surface area contributed by atoms with E-state index in [-0.39, 0.29) is 5.91 Å². The molecule has 0 aromatic heterocycles. The van der Waals surface area contributed by atoms with Gasteiger partial charge in [0.25, 0.3) is 5.91 Å². The number of hydrogen-bond acceptors (Lipinski definition) is 2. The van der Waals surface area contributed by atoms with Crippen LogP contribution in [0.2, 0.25) is 0 Å². The summed E-state index contributed by atoms with van der Waals surface area (Å²) in [4.78, 5) is 13.6. The Morgan fingerprint density at radius 2 is 1.79 bits per heavy atom. The van der Waals surface area contributed by atoms with Gasteiger partial charge in [0.1, 0.15) is 11.5 Å². The highest BCUT2D eigenvalue weighted by atomic mass is 16.5. The highest BCUT2D eigenvalue weighted by Crippen LogP contribution is 2.22. The summed E-state index contributed by atoms with van der Waals surface area (Å²) in [5.41, 5.74) is 0.810. The van der Waals surface area contributed by atoms with Crippen molar-refractivity contribution < 1.29 is 14.4 Å². The van der Waals surface area contributed by atoms with E-state index < -0.39 is 0 Å². The highest BCUT2D eigenvalue weighted by molar-refractivity contribution is 5.91. The molecule has 1 amide bonds. The van der Waals surface area contributed by atoms with Crippen LogP contribution in [-0.4, -0.2) is 25.0 Å². The molecule has 126 valence electrons. The first-order valence-electron chi connectivity index (χ1n) is 8.68. The summed E-state index contributed by atoms with van der Waals surface area (Å²) in [6.07, 6.45) is 3.72. The summed E-state index contributed by atoms with van der Waals surface area (Å²) in [7, 11) is 0. The van der Waals surface area contributed by atoms with E-state index in [9.17, 15) is 4.79 Å². The van der Waals surface area contributed by atoms with Gasteiger partial charge in [-0.05, 0) is 62.6 Å². The van der Waals surface area contributed by atoms with Crippen LogP contribution in [0.3, 0.4) is 0 Å². The van der Waals surface area contributed by atoms with Crippen LogP contribution in [-0.2, 0) is 4.79 Å². The molecule has 0 radical (unpaired) electrons. The lowest BCUT2D eigenvalue weighted by Gasteiger charge is -2.29. The molecule has 3 rings (SSSR count). The van der Waals surface area contributed by atoms with E-state index in [0.29, 0.717) is 12.6 Å². The number of likely N-dealkylation sites (tertiary alicyclic amines) is 1. The fourth-order valence-corrected chi connectivity index (χ4v) is 3.16. The third kappa shape index (κ3) is 4.59. The maximum absolute atomic E-state index is 12.2. The van der Waals surface area contributed by atoms with Crippen LogP contribution in [0.5, 0.6) is 11.5 Å². The van der Waals surface area contributed by atoms with E-state index in [2.05, 4.69) is 12.2 Å². The van der Waals surface area contributed by atoms with Crippen molar-refractivity contribution in [3.05, 3.63) is 54.6 Å². The molecule has 0 aliphatic carbocycles. The molecule has 1 saturated heterocycles. The van der Waals surface area contributed by atoms with Gasteiger partial charge in [-0.15, -0.1) is 0 Å². The lowest BCUT2D eigenvalue weighted by Crippen LogP contribution is -3.17. The molecule has 2 atom stereocenters. The topological polar surface area (TPSA) is 42.8 Å². The molecule has 0 saturated carbocycles. The number of para-hydroxylation sites is 1. The average Bonchev–Trinajstić information content (AvgIpc) is 2.60. The second kappa shape index (κ2) is 7.97. The molecule has 2 N–H and O–H groups in total. The van der Waals surface area contributed by atoms with Gasteiger partial charge in [0, 0.05) is 5.69 Å². The monoisotopic (exact) mass is 325 g/mol. The van der Waals surface area contributed by atoms with E-state index in [1.54, 1.807) is 0 Å². The third-order valence-electron chi connectivity index (χ3n) is 4.59. The predicted octanol–water partition coefficient (Wildman–Crippen LogP) is 2.87. The number of anilines is 1. The Morgan fingerprint density at radius 1 is 1.08 bits per heavy atom. The lowest BCUT2D eigenvalue weighted by molar-refractivity contribution is -0.920. The van der Waals surface area contributed by atoms with Crippen molar-refractivity contribution in [2.45, 2.75) is 32.2 Å². The Kier molecular flexibility index (Phi) is 5.49. The molecule has 4 heteroatoms. The second-order valence-electron chi connectivity index (χ2n) is 6.47. The van der Waals surface area contributed by atoms with Gasteiger partial charge < -0.3 is 15.0 Å². The molecule has 1 heterocycles. The quantitative estimate of drug-likeness (QED) is 0.888. The Balaban J connectivity index is 1.53. The van der Waals surface area contributed by atoms with Crippen LogP contribution in [0, 0.1) is 0 Å². The Morgan fingerprint density at radius 3 is 2.50 bits per heavy atom. The molecule has 1 aliphatic rings. The number of quaternary nitrogens is 1. The Hall–Kier alpha value is -2.33. The maximum atomic E-state index is 12.2. The van der Waals surface area contributed by atoms with Crippen LogP contribution in [0.4, 0.5) is 5.69 Å². The molecule has 0 bridgehead atoms. The molecule has 2 aromatic rings. The maximum Gasteiger partial charge on any atom is 0.279 e. The highest BCUT2D eigenvalue weighted by Gasteiger charge is 2.24. The largest absolute Gasteiger partial charge is 0.457 e. The number of rotatable bonds is 5. The molecule has 0 spiro atoms. The molecule has 2 unspecified atom stereocenters. The molecule has 1 aliphatic heterocycles. The number of ether oxygens (including phenoxy) is 1. The number of benzene rings is 2. The first kappa shape index (κ1) is 16.5. The fourth-order valence-electron chi connectivity index (χ4n) is 3.16. The van der Waals surface area contributed by atoms with Crippen molar-refractivity contribution in [1.82, 2.24) is 0 Å². The van der Waals surface area contributed by atoms with Gasteiger partial charge in [-0.2, -0.15) is 0 Å². The molecule has 24 heavy (non-hydrogen) atoms. The lowest BCUT2D eigenvalue weighted by atomic mass is 10.0. The van der Waals surface area contributed by atoms with E-state index in [4.69, 9.17) is 4.74 Å². The minimum Gasteiger partial charge on any atom is -0.457 e. The van der Waals surface area contributed by atoms with E-state index in [0.717, 1.165) is 23.7 Å². The summed E-state index contributed by atoms with van der Waals surface area (Å²) in [5, 5.41) is 2.99. The van der Waals surface area contributed by atoms with E-state index >= 15 is 0 Å². The van der Waals surface area contributed by atoms with Crippen molar-refractivity contribution in [3.8, 4) is 11.5 Å². The van der Waals surface area contributed by atoms with Crippen molar-refractivity contribution >= 4 is 11.6 Å². The summed E-state index contributed by atoms with van der Waals surface area (Å²) in [6, 6.07) is 17.7. The first-order valence-corrected chi connectivity index (χ1v) is 8.68. The normalized spacial score (nSPS) is 20.4. The number of hydrogen-bond donors (Lipinski definition) is 2. The average molecular weight is 325 g/mol. The zero-order chi connectivity index (χ0) is 16.8. The third-order valence-corrected chi connectivity index (χ3v) is 4.59. The number of carbonyl (C=O) groups excluding carboxylic acids is 1. The molecule has 1 fully saturated rings. The Labute approximate surface area is 143 Å². The van der Waals surface area contributed by atoms with Crippen LogP contribution in [0.1, 0.15) is 26.2 Å². The fraction of sp³-hybridized carbons (Fsp3) is 0.350. The van der Waals surface area contributed by atoms with Gasteiger partial charge in [0.15, 0.2) is 6.54 Å². The molecule has 2 aromatic carbocycles. The van der Waals surface area contributed by atoms with Crippen molar-refractivity contribution in [3.63, 3.8) is 0 Å². The van der Waals surface area contributed by atoms with Crippen LogP contribution in [0.25, 0.3) is 0 Å². The second-order valence-corrected chi connectivity index (χ2v) is 6.47. The summed E-state index contributed by atoms with van der Waals surface area (Å²) in [6.45, 7) is 3.87. The number of nitrogens with one attached hydrogen (secondary N) is 2. The van der Waals surface area contributed by atoms with Gasteiger partial charge in [-0.25, -0.2) is 0 Å². The zero-order valence-corrected chi connectivity index (χ0v) is 14.1. The minimum atomic E-state index is 0.0791. The van der Waals surface area contributed by atoms with Crippen LogP contribution >= 0.6 is 0 Å². The summed E-state index contributed by atoms with van der Waals surface area (Å²) >= 11 is 0. The van der Waals surface area contributed by atoms with E-state index in [1.165, 1.54) is 24.2 Å². The smallest absolute Gasteiger partial charge is 0.279 e. The molecular formula is C20H25N2O2+. The number of carbonyl (C=O) groups is 1. The van der Waals surface area contributed by atoms with E-state index in [1.807, 2.05) is 54.6 Å². The Bertz CT molecular complexity index is 655. The van der Waals surface area contributed by atoms with Gasteiger partial charge in [0.2, 0.25) is 0 Å². The van der Waals surface area contributed by atoms with Crippen LogP contribution in [0.15, 0.2) is 54.6 Å². The van der Waals surface area contributed by atoms with Gasteiger partial charge in [0.05, 0.1) is 12.6 Å².